The lowest BCUT2D eigenvalue weighted by Gasteiger charge is -2.30. The number of carbonyl (C=O) groups is 1. The molecule has 2 aliphatic carbocycles. The molecule has 102 valence electrons. The molecule has 2 N–H and O–H groups in total. The first-order chi connectivity index (χ1) is 8.83. The van der Waals surface area contributed by atoms with Crippen molar-refractivity contribution in [2.45, 2.75) is 64.2 Å². The molecular weight excluding hydrogens is 222 g/mol. The lowest BCUT2D eigenvalue weighted by Crippen LogP contribution is -2.33. The molecule has 0 aromatic heterocycles. The molecule has 0 aliphatic heterocycles. The van der Waals surface area contributed by atoms with Gasteiger partial charge >= 0.3 is 0 Å². The highest BCUT2D eigenvalue weighted by Gasteiger charge is 2.31. The van der Waals surface area contributed by atoms with Crippen molar-refractivity contribution in [3.8, 4) is 0 Å². The van der Waals surface area contributed by atoms with Crippen LogP contribution in [0.25, 0.3) is 0 Å². The number of rotatable bonds is 3. The van der Waals surface area contributed by atoms with Gasteiger partial charge in [0, 0.05) is 5.92 Å². The minimum Gasteiger partial charge on any atom is -0.330 e. The number of carbonyl (C=O) groups excluding carboxylic acids is 1. The zero-order valence-corrected chi connectivity index (χ0v) is 11.5. The molecule has 2 unspecified atom stereocenters. The Labute approximate surface area is 111 Å². The summed E-state index contributed by atoms with van der Waals surface area (Å²) >= 11 is 0. The average Bonchev–Trinajstić information content (AvgIpc) is 2.37. The maximum absolute atomic E-state index is 12.7. The smallest absolute Gasteiger partial charge is 0.161 e. The monoisotopic (exact) mass is 249 g/mol. The Morgan fingerprint density at radius 2 is 1.89 bits per heavy atom. The van der Waals surface area contributed by atoms with Crippen LogP contribution in [0.1, 0.15) is 64.2 Å². The first-order valence-electron chi connectivity index (χ1n) is 7.76. The predicted octanol–water partition coefficient (Wildman–Crippen LogP) is 3.60. The van der Waals surface area contributed by atoms with Crippen LogP contribution in [0.5, 0.6) is 0 Å². The summed E-state index contributed by atoms with van der Waals surface area (Å²) in [5, 5.41) is 0. The van der Waals surface area contributed by atoms with Crippen LogP contribution < -0.4 is 5.73 Å². The molecule has 1 saturated carbocycles. The van der Waals surface area contributed by atoms with Crippen LogP contribution in [0, 0.1) is 11.8 Å². The van der Waals surface area contributed by atoms with E-state index in [1.807, 2.05) is 0 Å². The van der Waals surface area contributed by atoms with Gasteiger partial charge in [-0.15, -0.1) is 0 Å². The summed E-state index contributed by atoms with van der Waals surface area (Å²) in [6.45, 7) is 0.684. The third-order valence-electron chi connectivity index (χ3n) is 4.66. The van der Waals surface area contributed by atoms with E-state index in [1.165, 1.54) is 38.5 Å². The van der Waals surface area contributed by atoms with Gasteiger partial charge in [0.15, 0.2) is 5.78 Å². The maximum atomic E-state index is 12.7. The van der Waals surface area contributed by atoms with E-state index in [1.54, 1.807) is 0 Å². The number of Topliss-reactive ketones (excluding diaryl/α,β-unsaturated/α-hetero) is 1. The summed E-state index contributed by atoms with van der Waals surface area (Å²) in [5.41, 5.74) is 6.97. The molecule has 2 nitrogen and oxygen atoms in total. The van der Waals surface area contributed by atoms with Crippen molar-refractivity contribution < 1.29 is 4.79 Å². The van der Waals surface area contributed by atoms with Crippen LogP contribution in [0.4, 0.5) is 0 Å². The van der Waals surface area contributed by atoms with Gasteiger partial charge in [0.05, 0.1) is 0 Å². The molecule has 2 rings (SSSR count). The van der Waals surface area contributed by atoms with Gasteiger partial charge in [0.1, 0.15) is 0 Å². The maximum Gasteiger partial charge on any atom is 0.161 e. The standard InChI is InChI=1S/C16H27NO/c17-12-14-10-6-7-11-15(14)16(18)13-8-4-2-1-3-5-9-13/h8,14-15H,1-7,9-12,17H2. The lowest BCUT2D eigenvalue weighted by atomic mass is 9.74. The average molecular weight is 249 g/mol. The first kappa shape index (κ1) is 13.8. The van der Waals surface area contributed by atoms with Crippen LogP contribution in [0.3, 0.4) is 0 Å². The molecule has 18 heavy (non-hydrogen) atoms. The molecule has 2 aliphatic rings. The topological polar surface area (TPSA) is 43.1 Å². The quantitative estimate of drug-likeness (QED) is 0.830. The molecule has 1 fully saturated rings. The molecule has 2 atom stereocenters. The van der Waals surface area contributed by atoms with Crippen molar-refractivity contribution in [2.24, 2.45) is 17.6 Å². The van der Waals surface area contributed by atoms with E-state index in [-0.39, 0.29) is 5.92 Å². The second-order valence-corrected chi connectivity index (χ2v) is 5.93. The fourth-order valence-corrected chi connectivity index (χ4v) is 3.49. The Morgan fingerprint density at radius 3 is 2.72 bits per heavy atom. The molecule has 0 spiro atoms. The van der Waals surface area contributed by atoms with Gasteiger partial charge < -0.3 is 5.73 Å². The van der Waals surface area contributed by atoms with Crippen molar-refractivity contribution in [2.75, 3.05) is 6.54 Å². The van der Waals surface area contributed by atoms with Crippen molar-refractivity contribution >= 4 is 5.78 Å². The zero-order valence-electron chi connectivity index (χ0n) is 11.5. The molecule has 0 saturated heterocycles. The van der Waals surface area contributed by atoms with Crippen molar-refractivity contribution in [3.05, 3.63) is 11.6 Å². The van der Waals surface area contributed by atoms with Crippen LogP contribution >= 0.6 is 0 Å². The van der Waals surface area contributed by atoms with Crippen LogP contribution in [0.15, 0.2) is 11.6 Å². The van der Waals surface area contributed by atoms with Gasteiger partial charge in [-0.1, -0.05) is 31.8 Å². The Balaban J connectivity index is 2.03. The number of allylic oxidation sites excluding steroid dienone is 2. The predicted molar refractivity (Wildman–Crippen MR) is 75.3 cm³/mol. The summed E-state index contributed by atoms with van der Waals surface area (Å²) in [4.78, 5) is 12.7. The van der Waals surface area contributed by atoms with Crippen molar-refractivity contribution in [1.82, 2.24) is 0 Å². The number of hydrogen-bond donors (Lipinski definition) is 1. The van der Waals surface area contributed by atoms with Crippen LogP contribution in [0.2, 0.25) is 0 Å². The molecule has 0 radical (unpaired) electrons. The van der Waals surface area contributed by atoms with Crippen LogP contribution in [-0.2, 0) is 4.79 Å². The number of nitrogens with two attached hydrogens (primary N) is 1. The minimum atomic E-state index is 0.231. The van der Waals surface area contributed by atoms with E-state index < -0.39 is 0 Å². The Hall–Kier alpha value is -0.630. The third kappa shape index (κ3) is 3.44. The Bertz CT molecular complexity index is 308. The molecule has 0 amide bonds. The summed E-state index contributed by atoms with van der Waals surface area (Å²) in [5.74, 6) is 1.11. The molecular formula is C16H27NO. The molecule has 2 heteroatoms. The largest absolute Gasteiger partial charge is 0.330 e. The normalized spacial score (nSPS) is 30.2. The lowest BCUT2D eigenvalue weighted by molar-refractivity contribution is -0.121. The number of hydrogen-bond acceptors (Lipinski definition) is 2. The van der Waals surface area contributed by atoms with E-state index in [0.717, 1.165) is 31.3 Å². The van der Waals surface area contributed by atoms with Gasteiger partial charge in [-0.05, 0) is 56.6 Å². The number of ketones is 1. The van der Waals surface area contributed by atoms with Crippen LogP contribution in [-0.4, -0.2) is 12.3 Å². The Kier molecular flexibility index (Phi) is 5.43. The zero-order chi connectivity index (χ0) is 12.8. The first-order valence-corrected chi connectivity index (χ1v) is 7.76. The van der Waals surface area contributed by atoms with E-state index >= 15 is 0 Å². The SMILES string of the molecule is NCC1CCCCC1C(=O)C1=CCCCCCC1. The minimum absolute atomic E-state index is 0.231. The second-order valence-electron chi connectivity index (χ2n) is 5.93. The fourth-order valence-electron chi connectivity index (χ4n) is 3.49. The summed E-state index contributed by atoms with van der Waals surface area (Å²) in [6, 6.07) is 0. The van der Waals surface area contributed by atoms with Crippen molar-refractivity contribution in [3.63, 3.8) is 0 Å². The van der Waals surface area contributed by atoms with E-state index in [4.69, 9.17) is 5.73 Å². The van der Waals surface area contributed by atoms with Crippen molar-refractivity contribution in [1.29, 1.82) is 0 Å². The van der Waals surface area contributed by atoms with Gasteiger partial charge in [-0.2, -0.15) is 0 Å². The summed E-state index contributed by atoms with van der Waals surface area (Å²) < 4.78 is 0. The summed E-state index contributed by atoms with van der Waals surface area (Å²) in [6.07, 6.45) is 14.1. The van der Waals surface area contributed by atoms with Gasteiger partial charge in [-0.25, -0.2) is 0 Å². The Morgan fingerprint density at radius 1 is 1.11 bits per heavy atom. The molecule has 0 bridgehead atoms. The molecule has 0 aromatic rings. The summed E-state index contributed by atoms with van der Waals surface area (Å²) in [7, 11) is 0. The highest BCUT2D eigenvalue weighted by Crippen LogP contribution is 2.33. The fraction of sp³-hybridized carbons (Fsp3) is 0.812. The second kappa shape index (κ2) is 7.08. The third-order valence-corrected chi connectivity index (χ3v) is 4.66. The van der Waals surface area contributed by atoms with Gasteiger partial charge in [0.25, 0.3) is 0 Å². The molecule has 0 aromatic carbocycles. The van der Waals surface area contributed by atoms with E-state index in [9.17, 15) is 4.79 Å². The highest BCUT2D eigenvalue weighted by atomic mass is 16.1. The van der Waals surface area contributed by atoms with E-state index in [2.05, 4.69) is 6.08 Å². The molecule has 0 heterocycles. The van der Waals surface area contributed by atoms with Gasteiger partial charge in [0.2, 0.25) is 0 Å². The van der Waals surface area contributed by atoms with Gasteiger partial charge in [-0.3, -0.25) is 4.79 Å². The van der Waals surface area contributed by atoms with E-state index in [0.29, 0.717) is 18.2 Å². The highest BCUT2D eigenvalue weighted by molar-refractivity contribution is 5.97.